The lowest BCUT2D eigenvalue weighted by molar-refractivity contribution is 0.0696. The lowest BCUT2D eigenvalue weighted by Gasteiger charge is -2.10. The highest BCUT2D eigenvalue weighted by molar-refractivity contribution is 7.89. The van der Waals surface area contributed by atoms with E-state index in [2.05, 4.69) is 9.71 Å². The number of aryl methyl sites for hydroxylation is 1. The number of halogens is 1. The van der Waals surface area contributed by atoms with Gasteiger partial charge in [-0.1, -0.05) is 0 Å². The van der Waals surface area contributed by atoms with Crippen molar-refractivity contribution in [2.45, 2.75) is 25.3 Å². The number of carboxylic acids is 1. The van der Waals surface area contributed by atoms with E-state index in [1.54, 1.807) is 10.9 Å². The fourth-order valence-corrected chi connectivity index (χ4v) is 3.11. The van der Waals surface area contributed by atoms with Crippen molar-refractivity contribution in [3.8, 4) is 0 Å². The lowest BCUT2D eigenvalue weighted by Crippen LogP contribution is -2.28. The topological polar surface area (TPSA) is 101 Å². The summed E-state index contributed by atoms with van der Waals surface area (Å²) in [6, 6.07) is 2.63. The lowest BCUT2D eigenvalue weighted by atomic mass is 10.2. The van der Waals surface area contributed by atoms with E-state index in [4.69, 9.17) is 5.11 Å². The van der Waals surface area contributed by atoms with Gasteiger partial charge in [-0.05, 0) is 32.0 Å². The van der Waals surface area contributed by atoms with E-state index >= 15 is 0 Å². The first-order valence-electron chi connectivity index (χ1n) is 6.73. The largest absolute Gasteiger partial charge is 0.478 e. The molecule has 0 amide bonds. The third kappa shape index (κ3) is 3.74. The Morgan fingerprint density at radius 2 is 2.09 bits per heavy atom. The number of aromatic carboxylic acids is 1. The molecule has 2 aromatic rings. The Balaban J connectivity index is 2.14. The molecule has 7 nitrogen and oxygen atoms in total. The Kier molecular flexibility index (Phi) is 4.81. The predicted molar refractivity (Wildman–Crippen MR) is 80.2 cm³/mol. The molecule has 0 fully saturated rings. The molecule has 0 aliphatic rings. The van der Waals surface area contributed by atoms with Gasteiger partial charge in [-0.2, -0.15) is 0 Å². The molecule has 0 atom stereocenters. The van der Waals surface area contributed by atoms with Crippen LogP contribution in [0.25, 0.3) is 0 Å². The molecular formula is C14H16FN3O4S. The van der Waals surface area contributed by atoms with Gasteiger partial charge in [0.25, 0.3) is 0 Å². The molecule has 0 saturated heterocycles. The molecule has 2 N–H and O–H groups in total. The molecule has 0 saturated carbocycles. The van der Waals surface area contributed by atoms with Gasteiger partial charge in [0.05, 0.1) is 17.6 Å². The van der Waals surface area contributed by atoms with E-state index in [9.17, 15) is 17.6 Å². The van der Waals surface area contributed by atoms with Crippen LogP contribution in [0.4, 0.5) is 4.39 Å². The first-order chi connectivity index (χ1) is 10.7. The van der Waals surface area contributed by atoms with Gasteiger partial charge in [-0.25, -0.2) is 27.3 Å². The quantitative estimate of drug-likeness (QED) is 0.825. The third-order valence-electron chi connectivity index (χ3n) is 3.46. The molecule has 9 heteroatoms. The van der Waals surface area contributed by atoms with E-state index < -0.39 is 26.7 Å². The van der Waals surface area contributed by atoms with Crippen molar-refractivity contribution in [3.63, 3.8) is 0 Å². The summed E-state index contributed by atoms with van der Waals surface area (Å²) in [5.41, 5.74) is 1.45. The van der Waals surface area contributed by atoms with Crippen molar-refractivity contribution in [1.29, 1.82) is 0 Å². The second kappa shape index (κ2) is 6.47. The number of sulfonamides is 1. The molecule has 0 aliphatic heterocycles. The van der Waals surface area contributed by atoms with Crippen LogP contribution >= 0.6 is 0 Å². The van der Waals surface area contributed by atoms with Gasteiger partial charge in [0, 0.05) is 18.8 Å². The fourth-order valence-electron chi connectivity index (χ4n) is 1.99. The summed E-state index contributed by atoms with van der Waals surface area (Å²) in [7, 11) is -4.15. The molecule has 2 rings (SSSR count). The van der Waals surface area contributed by atoms with Crippen LogP contribution in [-0.4, -0.2) is 35.6 Å². The van der Waals surface area contributed by atoms with Crippen LogP contribution in [0.2, 0.25) is 0 Å². The Hall–Kier alpha value is -2.26. The number of carbonyl (C=O) groups is 1. The predicted octanol–water partition coefficient (Wildman–Crippen LogP) is 1.32. The van der Waals surface area contributed by atoms with Gasteiger partial charge in [0.1, 0.15) is 10.7 Å². The van der Waals surface area contributed by atoms with Crippen LogP contribution in [0.15, 0.2) is 29.4 Å². The SMILES string of the molecule is Cc1ncn(CCNS(=O)(=O)c2cc(C(=O)O)ccc2F)c1C. The van der Waals surface area contributed by atoms with Crippen molar-refractivity contribution >= 4 is 16.0 Å². The summed E-state index contributed by atoms with van der Waals surface area (Å²) in [6.45, 7) is 4.04. The van der Waals surface area contributed by atoms with Crippen LogP contribution in [0.3, 0.4) is 0 Å². The number of benzene rings is 1. The molecule has 0 aliphatic carbocycles. The number of rotatable bonds is 6. The molecule has 0 unspecified atom stereocenters. The molecule has 0 spiro atoms. The zero-order valence-corrected chi connectivity index (χ0v) is 13.4. The van der Waals surface area contributed by atoms with Gasteiger partial charge < -0.3 is 9.67 Å². The normalized spacial score (nSPS) is 11.6. The summed E-state index contributed by atoms with van der Waals surface area (Å²) in [4.78, 5) is 14.3. The van der Waals surface area contributed by atoms with Gasteiger partial charge >= 0.3 is 5.97 Å². The number of carboxylic acid groups (broad SMARTS) is 1. The molecule has 124 valence electrons. The maximum absolute atomic E-state index is 13.7. The third-order valence-corrected chi connectivity index (χ3v) is 4.93. The smallest absolute Gasteiger partial charge is 0.335 e. The average Bonchev–Trinajstić information content (AvgIpc) is 2.79. The van der Waals surface area contributed by atoms with E-state index in [0.717, 1.165) is 29.6 Å². The molecule has 1 aromatic heterocycles. The minimum atomic E-state index is -4.15. The molecule has 1 aromatic carbocycles. The highest BCUT2D eigenvalue weighted by Gasteiger charge is 2.20. The Morgan fingerprint density at radius 3 is 2.65 bits per heavy atom. The molecular weight excluding hydrogens is 325 g/mol. The zero-order valence-electron chi connectivity index (χ0n) is 12.6. The zero-order chi connectivity index (χ0) is 17.2. The first-order valence-corrected chi connectivity index (χ1v) is 8.21. The molecule has 0 bridgehead atoms. The maximum Gasteiger partial charge on any atom is 0.335 e. The summed E-state index contributed by atoms with van der Waals surface area (Å²) in [5.74, 6) is -2.33. The van der Waals surface area contributed by atoms with Crippen LogP contribution in [0, 0.1) is 19.7 Å². The van der Waals surface area contributed by atoms with Gasteiger partial charge in [0.15, 0.2) is 0 Å². The van der Waals surface area contributed by atoms with Crippen molar-refractivity contribution in [2.75, 3.05) is 6.54 Å². The van der Waals surface area contributed by atoms with E-state index in [1.165, 1.54) is 0 Å². The van der Waals surface area contributed by atoms with E-state index in [1.807, 2.05) is 13.8 Å². The Morgan fingerprint density at radius 1 is 1.39 bits per heavy atom. The minimum absolute atomic E-state index is 0.0235. The average molecular weight is 341 g/mol. The van der Waals surface area contributed by atoms with E-state index in [-0.39, 0.29) is 12.1 Å². The standard InChI is InChI=1S/C14H16FN3O4S/c1-9-10(2)18(8-16-9)6-5-17-23(21,22)13-7-11(14(19)20)3-4-12(13)15/h3-4,7-8,17H,5-6H2,1-2H3,(H,19,20). The fraction of sp³-hybridized carbons (Fsp3) is 0.286. The maximum atomic E-state index is 13.7. The Bertz CT molecular complexity index is 846. The second-order valence-electron chi connectivity index (χ2n) is 4.96. The van der Waals surface area contributed by atoms with Crippen molar-refractivity contribution in [1.82, 2.24) is 14.3 Å². The number of nitrogens with one attached hydrogen (secondary N) is 1. The summed E-state index contributed by atoms with van der Waals surface area (Å²) < 4.78 is 42.0. The number of aromatic nitrogens is 2. The first kappa shape index (κ1) is 17.1. The summed E-state index contributed by atoms with van der Waals surface area (Å²) >= 11 is 0. The van der Waals surface area contributed by atoms with Crippen LogP contribution in [0.5, 0.6) is 0 Å². The molecule has 1 heterocycles. The number of nitrogens with zero attached hydrogens (tertiary/aromatic N) is 2. The summed E-state index contributed by atoms with van der Waals surface area (Å²) in [6.07, 6.45) is 1.59. The highest BCUT2D eigenvalue weighted by atomic mass is 32.2. The van der Waals surface area contributed by atoms with Crippen LogP contribution in [-0.2, 0) is 16.6 Å². The van der Waals surface area contributed by atoms with Gasteiger partial charge in [-0.3, -0.25) is 0 Å². The van der Waals surface area contributed by atoms with Gasteiger partial charge in [0.2, 0.25) is 10.0 Å². The number of hydrogen-bond donors (Lipinski definition) is 2. The van der Waals surface area contributed by atoms with Crippen molar-refractivity contribution in [2.24, 2.45) is 0 Å². The van der Waals surface area contributed by atoms with Crippen LogP contribution in [0.1, 0.15) is 21.7 Å². The minimum Gasteiger partial charge on any atom is -0.478 e. The second-order valence-corrected chi connectivity index (χ2v) is 6.69. The Labute approximate surface area is 132 Å². The molecule has 23 heavy (non-hydrogen) atoms. The number of hydrogen-bond acceptors (Lipinski definition) is 4. The van der Waals surface area contributed by atoms with Crippen molar-refractivity contribution < 1.29 is 22.7 Å². The molecule has 0 radical (unpaired) electrons. The van der Waals surface area contributed by atoms with Gasteiger partial charge in [-0.15, -0.1) is 0 Å². The summed E-state index contributed by atoms with van der Waals surface area (Å²) in [5, 5.41) is 8.88. The van der Waals surface area contributed by atoms with Crippen molar-refractivity contribution in [3.05, 3.63) is 47.3 Å². The van der Waals surface area contributed by atoms with Crippen LogP contribution < -0.4 is 4.72 Å². The highest BCUT2D eigenvalue weighted by Crippen LogP contribution is 2.16. The monoisotopic (exact) mass is 341 g/mol. The van der Waals surface area contributed by atoms with E-state index in [0.29, 0.717) is 6.54 Å². The number of imidazole rings is 1.